The van der Waals surface area contributed by atoms with Crippen LogP contribution in [0.1, 0.15) is 18.1 Å². The summed E-state index contributed by atoms with van der Waals surface area (Å²) in [4.78, 5) is 4.26. The van der Waals surface area contributed by atoms with Gasteiger partial charge in [0, 0.05) is 17.2 Å². The van der Waals surface area contributed by atoms with E-state index in [4.69, 9.17) is 16.3 Å². The fourth-order valence-electron chi connectivity index (χ4n) is 1.72. The number of halogens is 2. The van der Waals surface area contributed by atoms with E-state index in [-0.39, 0.29) is 0 Å². The summed E-state index contributed by atoms with van der Waals surface area (Å²) in [5.41, 5.74) is 2.11. The van der Waals surface area contributed by atoms with Gasteiger partial charge in [-0.2, -0.15) is 0 Å². The van der Waals surface area contributed by atoms with E-state index in [1.54, 1.807) is 6.20 Å². The van der Waals surface area contributed by atoms with E-state index in [1.165, 1.54) is 0 Å². The zero-order valence-electron chi connectivity index (χ0n) is 11.2. The third kappa shape index (κ3) is 4.47. The molecule has 1 heterocycles. The average Bonchev–Trinajstić information content (AvgIpc) is 2.44. The largest absolute Gasteiger partial charge is 0.472 e. The average molecular weight is 356 g/mol. The van der Waals surface area contributed by atoms with Gasteiger partial charge in [0.1, 0.15) is 11.6 Å². The Morgan fingerprint density at radius 3 is 2.85 bits per heavy atom. The lowest BCUT2D eigenvalue weighted by Gasteiger charge is -2.09. The Kier molecular flexibility index (Phi) is 5.83. The predicted octanol–water partition coefficient (Wildman–Crippen LogP) is 4.19. The normalized spacial score (nSPS) is 10.6. The summed E-state index contributed by atoms with van der Waals surface area (Å²) < 4.78 is 6.68. The molecule has 106 valence electrons. The zero-order chi connectivity index (χ0) is 14.4. The van der Waals surface area contributed by atoms with E-state index in [0.29, 0.717) is 17.5 Å². The molecule has 0 saturated carbocycles. The monoisotopic (exact) mass is 354 g/mol. The van der Waals surface area contributed by atoms with Crippen LogP contribution >= 0.6 is 27.5 Å². The van der Waals surface area contributed by atoms with Gasteiger partial charge in [0.25, 0.3) is 0 Å². The summed E-state index contributed by atoms with van der Waals surface area (Å²) in [7, 11) is 0. The topological polar surface area (TPSA) is 34.2 Å². The van der Waals surface area contributed by atoms with Crippen LogP contribution in [0.15, 0.2) is 41.0 Å². The third-order valence-electron chi connectivity index (χ3n) is 2.71. The molecule has 0 amide bonds. The summed E-state index contributed by atoms with van der Waals surface area (Å²) in [6.45, 7) is 4.18. The van der Waals surface area contributed by atoms with Crippen molar-refractivity contribution in [2.45, 2.75) is 20.1 Å². The van der Waals surface area contributed by atoms with Crippen molar-refractivity contribution in [2.24, 2.45) is 0 Å². The minimum absolute atomic E-state index is 0.443. The van der Waals surface area contributed by atoms with Crippen molar-refractivity contribution in [1.82, 2.24) is 10.3 Å². The number of benzene rings is 1. The summed E-state index contributed by atoms with van der Waals surface area (Å²) in [6.07, 6.45) is 1.78. The maximum Gasteiger partial charge on any atom is 0.232 e. The van der Waals surface area contributed by atoms with Crippen molar-refractivity contribution in [3.05, 3.63) is 57.2 Å². The molecule has 3 nitrogen and oxygen atoms in total. The maximum atomic E-state index is 6.18. The second-order valence-electron chi connectivity index (χ2n) is 4.33. The molecule has 0 unspecified atom stereocenters. The molecule has 0 aliphatic heterocycles. The highest BCUT2D eigenvalue weighted by molar-refractivity contribution is 9.10. The van der Waals surface area contributed by atoms with Crippen molar-refractivity contribution in [2.75, 3.05) is 6.54 Å². The van der Waals surface area contributed by atoms with Crippen LogP contribution in [0.5, 0.6) is 5.88 Å². The van der Waals surface area contributed by atoms with Gasteiger partial charge in [-0.25, -0.2) is 4.98 Å². The quantitative estimate of drug-likeness (QED) is 0.844. The van der Waals surface area contributed by atoms with Crippen LogP contribution in [0, 0.1) is 0 Å². The lowest BCUT2D eigenvalue weighted by molar-refractivity contribution is 0.294. The summed E-state index contributed by atoms with van der Waals surface area (Å²) >= 11 is 9.61. The number of hydrogen-bond acceptors (Lipinski definition) is 3. The first kappa shape index (κ1) is 15.3. The number of hydrogen-bond donors (Lipinski definition) is 1. The van der Waals surface area contributed by atoms with E-state index in [2.05, 4.69) is 33.2 Å². The van der Waals surface area contributed by atoms with Gasteiger partial charge in [-0.05, 0) is 35.9 Å². The van der Waals surface area contributed by atoms with Crippen LogP contribution in [-0.2, 0) is 13.2 Å². The lowest BCUT2D eigenvalue weighted by atomic mass is 10.2. The van der Waals surface area contributed by atoms with Gasteiger partial charge < -0.3 is 10.1 Å². The molecule has 0 spiro atoms. The highest BCUT2D eigenvalue weighted by Gasteiger charge is 2.05. The first-order chi connectivity index (χ1) is 9.69. The van der Waals surface area contributed by atoms with Gasteiger partial charge in [-0.15, -0.1) is 0 Å². The van der Waals surface area contributed by atoms with Crippen LogP contribution < -0.4 is 10.1 Å². The van der Waals surface area contributed by atoms with Crippen molar-refractivity contribution >= 4 is 27.5 Å². The number of aromatic nitrogens is 1. The van der Waals surface area contributed by atoms with Gasteiger partial charge >= 0.3 is 0 Å². The van der Waals surface area contributed by atoms with Crippen molar-refractivity contribution in [1.29, 1.82) is 0 Å². The summed E-state index contributed by atoms with van der Waals surface area (Å²) in [5.74, 6) is 0.465. The molecule has 0 bridgehead atoms. The fraction of sp³-hybridized carbons (Fsp3) is 0.267. The summed E-state index contributed by atoms with van der Waals surface area (Å²) in [5, 5.41) is 3.77. The molecule has 0 radical (unpaired) electrons. The predicted molar refractivity (Wildman–Crippen MR) is 85.1 cm³/mol. The number of nitrogens with zero attached hydrogens (tertiary/aromatic N) is 1. The number of rotatable bonds is 6. The standard InChI is InChI=1S/C15H16BrClN2O/c1-2-18-8-12-7-14(17)15(19-9-12)20-10-11-4-3-5-13(16)6-11/h3-7,9,18H,2,8,10H2,1H3. The van der Waals surface area contributed by atoms with Gasteiger partial charge in [-0.1, -0.05) is 46.6 Å². The van der Waals surface area contributed by atoms with Crippen LogP contribution in [0.4, 0.5) is 0 Å². The smallest absolute Gasteiger partial charge is 0.232 e. The Labute approximate surface area is 132 Å². The van der Waals surface area contributed by atoms with E-state index in [1.807, 2.05) is 30.3 Å². The van der Waals surface area contributed by atoms with E-state index < -0.39 is 0 Å². The minimum Gasteiger partial charge on any atom is -0.472 e. The van der Waals surface area contributed by atoms with Crippen LogP contribution in [0.25, 0.3) is 0 Å². The molecule has 0 saturated heterocycles. The highest BCUT2D eigenvalue weighted by atomic mass is 79.9. The second-order valence-corrected chi connectivity index (χ2v) is 5.65. The molecular formula is C15H16BrClN2O. The fourth-order valence-corrected chi connectivity index (χ4v) is 2.41. The van der Waals surface area contributed by atoms with Crippen LogP contribution in [0.2, 0.25) is 5.02 Å². The Bertz CT molecular complexity index is 578. The lowest BCUT2D eigenvalue weighted by Crippen LogP contribution is -2.12. The molecule has 1 aromatic carbocycles. The molecule has 0 aliphatic rings. The molecule has 2 rings (SSSR count). The van der Waals surface area contributed by atoms with Crippen LogP contribution in [-0.4, -0.2) is 11.5 Å². The number of nitrogens with one attached hydrogen (secondary N) is 1. The molecule has 1 N–H and O–H groups in total. The Hall–Kier alpha value is -1.10. The molecule has 0 aliphatic carbocycles. The van der Waals surface area contributed by atoms with Crippen molar-refractivity contribution < 1.29 is 4.74 Å². The van der Waals surface area contributed by atoms with Gasteiger partial charge in [-0.3, -0.25) is 0 Å². The molecule has 5 heteroatoms. The number of pyridine rings is 1. The summed E-state index contributed by atoms with van der Waals surface area (Å²) in [6, 6.07) is 9.83. The molecule has 0 fully saturated rings. The maximum absolute atomic E-state index is 6.18. The molecule has 2 aromatic rings. The zero-order valence-corrected chi connectivity index (χ0v) is 13.5. The van der Waals surface area contributed by atoms with Crippen LogP contribution in [0.3, 0.4) is 0 Å². The van der Waals surface area contributed by atoms with E-state index in [0.717, 1.165) is 28.7 Å². The van der Waals surface area contributed by atoms with Crippen molar-refractivity contribution in [3.63, 3.8) is 0 Å². The van der Waals surface area contributed by atoms with Gasteiger partial charge in [0.05, 0.1) is 0 Å². The van der Waals surface area contributed by atoms with Gasteiger partial charge in [0.15, 0.2) is 0 Å². The second kappa shape index (κ2) is 7.62. The number of ether oxygens (including phenoxy) is 1. The molecule has 20 heavy (non-hydrogen) atoms. The van der Waals surface area contributed by atoms with E-state index in [9.17, 15) is 0 Å². The minimum atomic E-state index is 0.443. The molecular weight excluding hydrogens is 340 g/mol. The van der Waals surface area contributed by atoms with Crippen molar-refractivity contribution in [3.8, 4) is 5.88 Å². The first-order valence-corrected chi connectivity index (χ1v) is 7.58. The Morgan fingerprint density at radius 2 is 2.15 bits per heavy atom. The SMILES string of the molecule is CCNCc1cnc(OCc2cccc(Br)c2)c(Cl)c1. The first-order valence-electron chi connectivity index (χ1n) is 6.41. The van der Waals surface area contributed by atoms with E-state index >= 15 is 0 Å². The molecule has 0 atom stereocenters. The third-order valence-corrected chi connectivity index (χ3v) is 3.47. The molecule has 1 aromatic heterocycles. The highest BCUT2D eigenvalue weighted by Crippen LogP contribution is 2.23. The van der Waals surface area contributed by atoms with Gasteiger partial charge in [0.2, 0.25) is 5.88 Å². The Morgan fingerprint density at radius 1 is 1.30 bits per heavy atom. The Balaban J connectivity index is 1.99.